The van der Waals surface area contributed by atoms with Crippen molar-refractivity contribution in [1.82, 2.24) is 10.6 Å². The van der Waals surface area contributed by atoms with Gasteiger partial charge < -0.3 is 24.8 Å². The number of guanidine groups is 1. The van der Waals surface area contributed by atoms with Crippen LogP contribution in [0.15, 0.2) is 23.2 Å². The minimum absolute atomic E-state index is 0.0826. The molecule has 1 aromatic rings. The molecule has 1 saturated carbocycles. The van der Waals surface area contributed by atoms with Crippen molar-refractivity contribution in [2.24, 2.45) is 4.99 Å². The van der Waals surface area contributed by atoms with Crippen LogP contribution in [-0.2, 0) is 10.2 Å². The summed E-state index contributed by atoms with van der Waals surface area (Å²) in [5, 5.41) is 7.01. The number of methoxy groups -OCH3 is 2. The van der Waals surface area contributed by atoms with E-state index in [0.29, 0.717) is 6.10 Å². The van der Waals surface area contributed by atoms with E-state index in [4.69, 9.17) is 14.2 Å². The van der Waals surface area contributed by atoms with Crippen molar-refractivity contribution in [3.63, 3.8) is 0 Å². The molecule has 28 heavy (non-hydrogen) atoms. The molecule has 2 aliphatic rings. The normalized spacial score (nSPS) is 22.0. The number of nitrogens with one attached hydrogen (secondary N) is 2. The second-order valence-electron chi connectivity index (χ2n) is 7.85. The first kappa shape index (κ1) is 20.8. The molecular formula is C22H35N3O3. The maximum absolute atomic E-state index is 5.71. The predicted molar refractivity (Wildman–Crippen MR) is 113 cm³/mol. The van der Waals surface area contributed by atoms with Crippen molar-refractivity contribution in [3.05, 3.63) is 23.8 Å². The summed E-state index contributed by atoms with van der Waals surface area (Å²) in [7, 11) is 5.21. The molecule has 1 aromatic carbocycles. The average Bonchev–Trinajstić information content (AvgIpc) is 3.27. The van der Waals surface area contributed by atoms with Gasteiger partial charge in [0, 0.05) is 32.2 Å². The molecule has 6 heteroatoms. The van der Waals surface area contributed by atoms with Gasteiger partial charge in [0.2, 0.25) is 0 Å². The first-order valence-electron chi connectivity index (χ1n) is 10.5. The molecule has 1 unspecified atom stereocenters. The van der Waals surface area contributed by atoms with Crippen LogP contribution >= 0.6 is 0 Å². The van der Waals surface area contributed by atoms with Gasteiger partial charge in [-0.15, -0.1) is 0 Å². The van der Waals surface area contributed by atoms with E-state index < -0.39 is 0 Å². The third-order valence-electron chi connectivity index (χ3n) is 6.15. The van der Waals surface area contributed by atoms with Crippen LogP contribution < -0.4 is 20.1 Å². The summed E-state index contributed by atoms with van der Waals surface area (Å²) >= 11 is 0. The van der Waals surface area contributed by atoms with Gasteiger partial charge in [0.25, 0.3) is 0 Å². The first-order chi connectivity index (χ1) is 13.7. The lowest BCUT2D eigenvalue weighted by Crippen LogP contribution is -2.47. The number of aliphatic imine (C=N–C) groups is 1. The molecule has 1 aliphatic heterocycles. The smallest absolute Gasteiger partial charge is 0.191 e. The van der Waals surface area contributed by atoms with Crippen molar-refractivity contribution in [2.75, 3.05) is 41.0 Å². The molecule has 156 valence electrons. The van der Waals surface area contributed by atoms with Crippen molar-refractivity contribution in [1.29, 1.82) is 0 Å². The molecule has 0 amide bonds. The second-order valence-corrected chi connectivity index (χ2v) is 7.85. The molecule has 1 saturated heterocycles. The molecular weight excluding hydrogens is 354 g/mol. The number of rotatable bonds is 7. The van der Waals surface area contributed by atoms with Gasteiger partial charge in [0.05, 0.1) is 20.3 Å². The van der Waals surface area contributed by atoms with Crippen LogP contribution in [0.5, 0.6) is 11.5 Å². The van der Waals surface area contributed by atoms with Crippen LogP contribution in [0.25, 0.3) is 0 Å². The van der Waals surface area contributed by atoms with Gasteiger partial charge in [-0.25, -0.2) is 0 Å². The van der Waals surface area contributed by atoms with Crippen molar-refractivity contribution >= 4 is 5.96 Å². The second kappa shape index (κ2) is 10.0. The monoisotopic (exact) mass is 389 g/mol. The van der Waals surface area contributed by atoms with Crippen LogP contribution in [0.3, 0.4) is 0 Å². The zero-order chi connectivity index (χ0) is 19.8. The highest BCUT2D eigenvalue weighted by Crippen LogP contribution is 2.42. The Hall–Kier alpha value is -1.95. The number of ether oxygens (including phenoxy) is 3. The highest BCUT2D eigenvalue weighted by molar-refractivity contribution is 5.79. The standard InChI is InChI=1S/C22H35N3O3/c1-23-21(24-15-18-8-7-13-28-18)25-16-22(11-5-4-6-12-22)17-9-10-19(26-2)20(14-17)27-3/h9-10,14,18H,4-8,11-13,15-16H2,1-3H3,(H2,23,24,25). The van der Waals surface area contributed by atoms with E-state index in [1.807, 2.05) is 13.1 Å². The Morgan fingerprint density at radius 3 is 2.54 bits per heavy atom. The van der Waals surface area contributed by atoms with Gasteiger partial charge in [-0.2, -0.15) is 0 Å². The number of nitrogens with zero attached hydrogens (tertiary/aromatic N) is 1. The number of hydrogen-bond donors (Lipinski definition) is 2. The van der Waals surface area contributed by atoms with Crippen molar-refractivity contribution in [3.8, 4) is 11.5 Å². The Kier molecular flexibility index (Phi) is 7.43. The minimum atomic E-state index is 0.0826. The zero-order valence-corrected chi connectivity index (χ0v) is 17.6. The summed E-state index contributed by atoms with van der Waals surface area (Å²) < 4.78 is 16.7. The molecule has 0 aromatic heterocycles. The van der Waals surface area contributed by atoms with Gasteiger partial charge in [-0.05, 0) is 43.4 Å². The highest BCUT2D eigenvalue weighted by Gasteiger charge is 2.34. The highest BCUT2D eigenvalue weighted by atomic mass is 16.5. The van der Waals surface area contributed by atoms with E-state index >= 15 is 0 Å². The molecule has 3 rings (SSSR count). The van der Waals surface area contributed by atoms with E-state index in [1.54, 1.807) is 14.2 Å². The van der Waals surface area contributed by atoms with Crippen LogP contribution in [0, 0.1) is 0 Å². The third kappa shape index (κ3) is 4.90. The van der Waals surface area contributed by atoms with Gasteiger partial charge in [-0.1, -0.05) is 25.3 Å². The van der Waals surface area contributed by atoms with E-state index in [-0.39, 0.29) is 5.41 Å². The largest absolute Gasteiger partial charge is 0.493 e. The van der Waals surface area contributed by atoms with Gasteiger partial charge in [-0.3, -0.25) is 4.99 Å². The SMILES string of the molecule is CN=C(NCC1CCCO1)NCC1(c2ccc(OC)c(OC)c2)CCCCC1. The van der Waals surface area contributed by atoms with Crippen LogP contribution in [-0.4, -0.2) is 53.0 Å². The molecule has 1 aliphatic carbocycles. The maximum Gasteiger partial charge on any atom is 0.191 e. The maximum atomic E-state index is 5.71. The van der Waals surface area contributed by atoms with E-state index in [9.17, 15) is 0 Å². The summed E-state index contributed by atoms with van der Waals surface area (Å²) in [6.45, 7) is 2.54. The molecule has 1 atom stereocenters. The molecule has 1 heterocycles. The lowest BCUT2D eigenvalue weighted by molar-refractivity contribution is 0.113. The lowest BCUT2D eigenvalue weighted by atomic mass is 9.69. The van der Waals surface area contributed by atoms with Crippen molar-refractivity contribution < 1.29 is 14.2 Å². The average molecular weight is 390 g/mol. The Labute approximate surface area is 169 Å². The molecule has 2 fully saturated rings. The van der Waals surface area contributed by atoms with Gasteiger partial charge in [0.1, 0.15) is 0 Å². The topological polar surface area (TPSA) is 64.1 Å². The molecule has 2 N–H and O–H groups in total. The van der Waals surface area contributed by atoms with Crippen LogP contribution in [0.2, 0.25) is 0 Å². The Morgan fingerprint density at radius 2 is 1.89 bits per heavy atom. The Morgan fingerprint density at radius 1 is 1.11 bits per heavy atom. The fourth-order valence-corrected chi connectivity index (χ4v) is 4.45. The van der Waals surface area contributed by atoms with E-state index in [2.05, 4.69) is 27.8 Å². The zero-order valence-electron chi connectivity index (χ0n) is 17.6. The summed E-state index contributed by atoms with van der Waals surface area (Å²) in [4.78, 5) is 4.41. The van der Waals surface area contributed by atoms with Gasteiger partial charge in [0.15, 0.2) is 17.5 Å². The molecule has 0 spiro atoms. The van der Waals surface area contributed by atoms with E-state index in [0.717, 1.165) is 62.8 Å². The fourth-order valence-electron chi connectivity index (χ4n) is 4.45. The Balaban J connectivity index is 1.70. The molecule has 0 radical (unpaired) electrons. The van der Waals surface area contributed by atoms with Crippen molar-refractivity contribution in [2.45, 2.75) is 56.5 Å². The summed E-state index contributed by atoms with van der Waals surface area (Å²) in [6, 6.07) is 6.36. The summed E-state index contributed by atoms with van der Waals surface area (Å²) in [6.07, 6.45) is 8.71. The first-order valence-corrected chi connectivity index (χ1v) is 10.5. The Bertz CT molecular complexity index is 650. The van der Waals surface area contributed by atoms with Gasteiger partial charge >= 0.3 is 0 Å². The third-order valence-corrected chi connectivity index (χ3v) is 6.15. The lowest BCUT2D eigenvalue weighted by Gasteiger charge is -2.38. The molecule has 0 bridgehead atoms. The summed E-state index contributed by atoms with van der Waals surface area (Å²) in [5.41, 5.74) is 1.39. The molecule has 6 nitrogen and oxygen atoms in total. The van der Waals surface area contributed by atoms with Crippen LogP contribution in [0.1, 0.15) is 50.5 Å². The fraction of sp³-hybridized carbons (Fsp3) is 0.682. The summed E-state index contributed by atoms with van der Waals surface area (Å²) in [5.74, 6) is 2.42. The minimum Gasteiger partial charge on any atom is -0.493 e. The number of benzene rings is 1. The predicted octanol–water partition coefficient (Wildman–Crippen LogP) is 3.25. The van der Waals surface area contributed by atoms with Crippen LogP contribution in [0.4, 0.5) is 0 Å². The number of hydrogen-bond acceptors (Lipinski definition) is 4. The quantitative estimate of drug-likeness (QED) is 0.554. The van der Waals surface area contributed by atoms with E-state index in [1.165, 1.54) is 24.8 Å².